The molecule has 0 radical (unpaired) electrons. The molecule has 2 rings (SSSR count). The summed E-state index contributed by atoms with van der Waals surface area (Å²) in [6.07, 6.45) is 2.26. The molecule has 1 heterocycles. The number of benzene rings is 1. The Morgan fingerprint density at radius 2 is 1.92 bits per heavy atom. The molecule has 1 aromatic heterocycles. The molecule has 2 aromatic rings. The molecule has 0 saturated heterocycles. The van der Waals surface area contributed by atoms with Crippen LogP contribution in [0.25, 0.3) is 10.6 Å². The van der Waals surface area contributed by atoms with E-state index >= 15 is 0 Å². The third-order valence-corrected chi connectivity index (χ3v) is 5.36. The molecule has 136 valence electrons. The van der Waals surface area contributed by atoms with Crippen molar-refractivity contribution in [1.82, 2.24) is 9.88 Å². The van der Waals surface area contributed by atoms with E-state index in [9.17, 15) is 4.79 Å². The van der Waals surface area contributed by atoms with Crippen molar-refractivity contribution in [3.63, 3.8) is 0 Å². The maximum Gasteiger partial charge on any atom is 0.228 e. The van der Waals surface area contributed by atoms with Crippen LogP contribution in [0, 0.1) is 6.92 Å². The van der Waals surface area contributed by atoms with Gasteiger partial charge in [0.25, 0.3) is 0 Å². The number of thiazole rings is 1. The molecular weight excluding hydrogens is 332 g/mol. The van der Waals surface area contributed by atoms with Gasteiger partial charge < -0.3 is 9.64 Å². The molecule has 0 aliphatic rings. The Hall–Kier alpha value is -1.72. The molecule has 0 aliphatic heterocycles. The minimum absolute atomic E-state index is 0.131. The van der Waals surface area contributed by atoms with Crippen LogP contribution in [0.4, 0.5) is 0 Å². The number of aromatic nitrogens is 1. The second-order valence-corrected chi connectivity index (χ2v) is 7.10. The summed E-state index contributed by atoms with van der Waals surface area (Å²) in [6, 6.07) is 8.59. The smallest absolute Gasteiger partial charge is 0.228 e. The second kappa shape index (κ2) is 9.68. The van der Waals surface area contributed by atoms with E-state index in [1.54, 1.807) is 18.4 Å². The van der Waals surface area contributed by atoms with E-state index in [0.29, 0.717) is 19.6 Å². The van der Waals surface area contributed by atoms with Gasteiger partial charge in [0.15, 0.2) is 0 Å². The molecular formula is C20H28N2O2S. The van der Waals surface area contributed by atoms with Gasteiger partial charge in [-0.25, -0.2) is 4.98 Å². The van der Waals surface area contributed by atoms with E-state index in [-0.39, 0.29) is 11.9 Å². The highest BCUT2D eigenvalue weighted by Gasteiger charge is 2.21. The largest absolute Gasteiger partial charge is 0.383 e. The van der Waals surface area contributed by atoms with Crippen molar-refractivity contribution in [1.29, 1.82) is 0 Å². The zero-order valence-electron chi connectivity index (χ0n) is 15.6. The summed E-state index contributed by atoms with van der Waals surface area (Å²) in [5.74, 6) is 0.131. The number of carbonyl (C=O) groups is 1. The van der Waals surface area contributed by atoms with Crippen LogP contribution in [0.5, 0.6) is 0 Å². The minimum atomic E-state index is 0.131. The van der Waals surface area contributed by atoms with Crippen LogP contribution in [-0.2, 0) is 16.0 Å². The van der Waals surface area contributed by atoms with E-state index < -0.39 is 0 Å². The maximum atomic E-state index is 12.8. The first-order chi connectivity index (χ1) is 12.1. The van der Waals surface area contributed by atoms with Gasteiger partial charge in [0.1, 0.15) is 5.01 Å². The SMILES string of the molecule is CCC(CC)N(CCOC)C(=O)Cc1csc(-c2ccc(C)cc2)n1. The fourth-order valence-electron chi connectivity index (χ4n) is 2.90. The third-order valence-electron chi connectivity index (χ3n) is 4.42. The molecule has 25 heavy (non-hydrogen) atoms. The Morgan fingerprint density at radius 3 is 2.52 bits per heavy atom. The lowest BCUT2D eigenvalue weighted by molar-refractivity contribution is -0.133. The summed E-state index contributed by atoms with van der Waals surface area (Å²) in [5, 5.41) is 2.96. The van der Waals surface area contributed by atoms with Crippen molar-refractivity contribution < 1.29 is 9.53 Å². The van der Waals surface area contributed by atoms with Crippen molar-refractivity contribution in [3.8, 4) is 10.6 Å². The lowest BCUT2D eigenvalue weighted by Crippen LogP contribution is -2.42. The number of carbonyl (C=O) groups excluding carboxylic acids is 1. The maximum absolute atomic E-state index is 12.8. The van der Waals surface area contributed by atoms with Gasteiger partial charge >= 0.3 is 0 Å². The highest BCUT2D eigenvalue weighted by atomic mass is 32.1. The number of rotatable bonds is 9. The van der Waals surface area contributed by atoms with Crippen molar-refractivity contribution in [2.24, 2.45) is 0 Å². The van der Waals surface area contributed by atoms with Gasteiger partial charge in [-0.15, -0.1) is 11.3 Å². The molecule has 0 N–H and O–H groups in total. The number of amides is 1. The monoisotopic (exact) mass is 360 g/mol. The van der Waals surface area contributed by atoms with Crippen LogP contribution in [-0.4, -0.2) is 42.1 Å². The number of ether oxygens (including phenoxy) is 1. The molecule has 0 aliphatic carbocycles. The fourth-order valence-corrected chi connectivity index (χ4v) is 3.73. The highest BCUT2D eigenvalue weighted by molar-refractivity contribution is 7.13. The lowest BCUT2D eigenvalue weighted by atomic mass is 10.1. The molecule has 5 heteroatoms. The quantitative estimate of drug-likeness (QED) is 0.669. The second-order valence-electron chi connectivity index (χ2n) is 6.24. The molecule has 1 aromatic carbocycles. The van der Waals surface area contributed by atoms with Gasteiger partial charge in [-0.1, -0.05) is 43.7 Å². The zero-order chi connectivity index (χ0) is 18.2. The van der Waals surface area contributed by atoms with Crippen molar-refractivity contribution >= 4 is 17.2 Å². The minimum Gasteiger partial charge on any atom is -0.383 e. The van der Waals surface area contributed by atoms with E-state index in [1.165, 1.54) is 5.56 Å². The Kier molecular flexibility index (Phi) is 7.59. The molecule has 0 spiro atoms. The Labute approximate surface area is 154 Å². The summed E-state index contributed by atoms with van der Waals surface area (Å²) >= 11 is 1.59. The number of aryl methyl sites for hydroxylation is 1. The molecule has 1 amide bonds. The van der Waals surface area contributed by atoms with Crippen LogP contribution in [0.15, 0.2) is 29.6 Å². The normalized spacial score (nSPS) is 11.1. The summed E-state index contributed by atoms with van der Waals surface area (Å²) in [5.41, 5.74) is 3.18. The average Bonchev–Trinajstić information content (AvgIpc) is 3.07. The van der Waals surface area contributed by atoms with Crippen LogP contribution >= 0.6 is 11.3 Å². The van der Waals surface area contributed by atoms with E-state index in [1.807, 2.05) is 10.3 Å². The van der Waals surface area contributed by atoms with E-state index in [2.05, 4.69) is 50.0 Å². The molecule has 0 unspecified atom stereocenters. The van der Waals surface area contributed by atoms with E-state index in [4.69, 9.17) is 4.74 Å². The van der Waals surface area contributed by atoms with Gasteiger partial charge in [0.2, 0.25) is 5.91 Å². The summed E-state index contributed by atoms with van der Waals surface area (Å²) in [6.45, 7) is 7.52. The summed E-state index contributed by atoms with van der Waals surface area (Å²) in [7, 11) is 1.67. The number of hydrogen-bond acceptors (Lipinski definition) is 4. The topological polar surface area (TPSA) is 42.4 Å². The van der Waals surface area contributed by atoms with Crippen LogP contribution < -0.4 is 0 Å². The van der Waals surface area contributed by atoms with Crippen molar-refractivity contribution in [3.05, 3.63) is 40.9 Å². The van der Waals surface area contributed by atoms with Gasteiger partial charge in [0.05, 0.1) is 18.7 Å². The number of hydrogen-bond donors (Lipinski definition) is 0. The Morgan fingerprint density at radius 1 is 1.24 bits per heavy atom. The standard InChI is InChI=1S/C20H28N2O2S/c1-5-18(6-2)22(11-12-24-4)19(23)13-17-14-25-20(21-17)16-9-7-15(3)8-10-16/h7-10,14,18H,5-6,11-13H2,1-4H3. The summed E-state index contributed by atoms with van der Waals surface area (Å²) < 4.78 is 5.18. The predicted octanol–water partition coefficient (Wildman–Crippen LogP) is 4.32. The fraction of sp³-hybridized carbons (Fsp3) is 0.500. The summed E-state index contributed by atoms with van der Waals surface area (Å²) in [4.78, 5) is 19.4. The highest BCUT2D eigenvalue weighted by Crippen LogP contribution is 2.24. The van der Waals surface area contributed by atoms with Crippen molar-refractivity contribution in [2.75, 3.05) is 20.3 Å². The third kappa shape index (κ3) is 5.38. The molecule has 0 fully saturated rings. The van der Waals surface area contributed by atoms with Crippen LogP contribution in [0.2, 0.25) is 0 Å². The number of methoxy groups -OCH3 is 1. The van der Waals surface area contributed by atoms with Gasteiger partial charge in [0, 0.05) is 30.6 Å². The lowest BCUT2D eigenvalue weighted by Gasteiger charge is -2.30. The van der Waals surface area contributed by atoms with Gasteiger partial charge in [-0.05, 0) is 19.8 Å². The average molecular weight is 361 g/mol. The molecule has 0 bridgehead atoms. The Balaban J connectivity index is 2.08. The first-order valence-electron chi connectivity index (χ1n) is 8.88. The van der Waals surface area contributed by atoms with E-state index in [0.717, 1.165) is 29.1 Å². The predicted molar refractivity (Wildman–Crippen MR) is 104 cm³/mol. The van der Waals surface area contributed by atoms with Crippen LogP contribution in [0.3, 0.4) is 0 Å². The molecule has 4 nitrogen and oxygen atoms in total. The number of nitrogens with zero attached hydrogens (tertiary/aromatic N) is 2. The first kappa shape index (κ1) is 19.6. The van der Waals surface area contributed by atoms with Gasteiger partial charge in [-0.3, -0.25) is 4.79 Å². The first-order valence-corrected chi connectivity index (χ1v) is 9.76. The zero-order valence-corrected chi connectivity index (χ0v) is 16.4. The molecule has 0 saturated carbocycles. The van der Waals surface area contributed by atoms with Gasteiger partial charge in [-0.2, -0.15) is 0 Å². The van der Waals surface area contributed by atoms with Crippen LogP contribution in [0.1, 0.15) is 37.9 Å². The van der Waals surface area contributed by atoms with Crippen molar-refractivity contribution in [2.45, 2.75) is 46.1 Å². The Bertz CT molecular complexity index is 663. The molecule has 0 atom stereocenters.